The molecule has 3 heterocycles. The number of aldehydes is 1. The highest BCUT2D eigenvalue weighted by atomic mass is 31.2. The Labute approximate surface area is 182 Å². The van der Waals surface area contributed by atoms with Gasteiger partial charge in [-0.15, -0.1) is 0 Å². The molecule has 2 aliphatic heterocycles. The van der Waals surface area contributed by atoms with Gasteiger partial charge in [-0.25, -0.2) is 4.79 Å². The first-order chi connectivity index (χ1) is 15.2. The van der Waals surface area contributed by atoms with Gasteiger partial charge in [0.05, 0.1) is 6.61 Å². The van der Waals surface area contributed by atoms with Gasteiger partial charge in [-0.3, -0.25) is 18.7 Å². The number of H-pyrrole nitrogens is 1. The van der Waals surface area contributed by atoms with Crippen LogP contribution in [0, 0.1) is 0 Å². The molecule has 1 aromatic rings. The molecule has 0 amide bonds. The van der Waals surface area contributed by atoms with Crippen molar-refractivity contribution in [3.63, 3.8) is 0 Å². The minimum atomic E-state index is -1.65. The van der Waals surface area contributed by atoms with Crippen molar-refractivity contribution in [3.05, 3.63) is 33.1 Å². The topological polar surface area (TPSA) is 219 Å². The van der Waals surface area contributed by atoms with Crippen molar-refractivity contribution >= 4 is 24.4 Å². The summed E-state index contributed by atoms with van der Waals surface area (Å²) < 4.78 is 26.8. The quantitative estimate of drug-likeness (QED) is 0.109. The number of hydrogen-bond acceptors (Lipinski definition) is 13. The fourth-order valence-corrected chi connectivity index (χ4v) is 4.13. The third kappa shape index (κ3) is 5.65. The van der Waals surface area contributed by atoms with E-state index in [0.717, 1.165) is 16.8 Å². The summed E-state index contributed by atoms with van der Waals surface area (Å²) in [7, 11) is -1.37. The fourth-order valence-electron chi connectivity index (χ4n) is 3.04. The SMILES string of the molecule is O=CC1OC(OPOPOCC2OC(n3ccc(=O)[nH]c3=O)C(O)C2O)C(O)C(O)C1O. The molecule has 6 N–H and O–H groups in total. The van der Waals surface area contributed by atoms with Crippen LogP contribution in [0.1, 0.15) is 6.23 Å². The second kappa shape index (κ2) is 11.3. The first-order valence-corrected chi connectivity index (χ1v) is 10.8. The number of aromatic nitrogens is 2. The van der Waals surface area contributed by atoms with Gasteiger partial charge in [0, 0.05) is 12.3 Å². The van der Waals surface area contributed by atoms with Gasteiger partial charge in [0.1, 0.15) is 42.7 Å². The summed E-state index contributed by atoms with van der Waals surface area (Å²) in [5.74, 6) is 0. The number of nitrogens with one attached hydrogen (secondary N) is 1. The minimum Gasteiger partial charge on any atom is -0.387 e. The number of aliphatic hydroxyl groups excluding tert-OH is 5. The Bertz CT molecular complexity index is 883. The van der Waals surface area contributed by atoms with Crippen LogP contribution in [0.3, 0.4) is 0 Å². The molecule has 0 aromatic carbocycles. The third-order valence-corrected chi connectivity index (χ3v) is 6.04. The van der Waals surface area contributed by atoms with Crippen LogP contribution in [-0.4, -0.2) is 97.0 Å². The number of rotatable bonds is 9. The molecule has 0 spiro atoms. The van der Waals surface area contributed by atoms with Crippen LogP contribution in [0.15, 0.2) is 21.9 Å². The average Bonchev–Trinajstić information content (AvgIpc) is 3.04. The summed E-state index contributed by atoms with van der Waals surface area (Å²) >= 11 is 0. The summed E-state index contributed by atoms with van der Waals surface area (Å²) in [4.78, 5) is 35.8. The van der Waals surface area contributed by atoms with Crippen LogP contribution in [0.5, 0.6) is 0 Å². The molecule has 0 saturated carbocycles. The van der Waals surface area contributed by atoms with E-state index in [1.165, 1.54) is 0 Å². The van der Waals surface area contributed by atoms with Gasteiger partial charge in [-0.1, -0.05) is 0 Å². The number of carbonyl (C=O) groups excluding carboxylic acids is 1. The molecule has 180 valence electrons. The van der Waals surface area contributed by atoms with E-state index in [9.17, 15) is 39.9 Å². The standard InChI is InChI=1S/C15H22N2O13P2/c18-3-5-8(20)10(22)12(24)14(28-5)29-32-30-31-26-4-6-9(21)11(23)13(27-6)17-2-1-7(19)16-15(17)25/h1-3,5-6,8-14,20-24,31-32H,4H2,(H,16,19,25). The van der Waals surface area contributed by atoms with Gasteiger partial charge in [-0.2, -0.15) is 0 Å². The molecule has 1 aromatic heterocycles. The number of aromatic amines is 1. The lowest BCUT2D eigenvalue weighted by Crippen LogP contribution is -2.58. The smallest absolute Gasteiger partial charge is 0.330 e. The maximum atomic E-state index is 11.8. The molecule has 11 unspecified atom stereocenters. The minimum absolute atomic E-state index is 0.226. The summed E-state index contributed by atoms with van der Waals surface area (Å²) in [6, 6.07) is 1.06. The number of aliphatic hydroxyl groups is 5. The first-order valence-electron chi connectivity index (χ1n) is 9.16. The van der Waals surface area contributed by atoms with Crippen molar-refractivity contribution in [3.8, 4) is 0 Å². The van der Waals surface area contributed by atoms with Crippen LogP contribution in [0.25, 0.3) is 0 Å². The molecular formula is C15H22N2O13P2. The van der Waals surface area contributed by atoms with Gasteiger partial charge >= 0.3 is 5.69 Å². The molecule has 0 radical (unpaired) electrons. The molecule has 2 fully saturated rings. The van der Waals surface area contributed by atoms with Crippen LogP contribution in [0.2, 0.25) is 0 Å². The van der Waals surface area contributed by atoms with Crippen molar-refractivity contribution < 1.29 is 53.2 Å². The lowest BCUT2D eigenvalue weighted by atomic mass is 10.00. The highest BCUT2D eigenvalue weighted by Crippen LogP contribution is 2.34. The van der Waals surface area contributed by atoms with Crippen LogP contribution < -0.4 is 11.2 Å². The Morgan fingerprint density at radius 3 is 2.47 bits per heavy atom. The Kier molecular flexibility index (Phi) is 8.97. The Morgan fingerprint density at radius 1 is 1.03 bits per heavy atom. The van der Waals surface area contributed by atoms with Crippen LogP contribution >= 0.6 is 18.1 Å². The molecule has 2 aliphatic rings. The Morgan fingerprint density at radius 2 is 1.78 bits per heavy atom. The second-order valence-electron chi connectivity index (χ2n) is 6.84. The molecule has 15 nitrogen and oxygen atoms in total. The van der Waals surface area contributed by atoms with E-state index < -0.39 is 84.6 Å². The number of carbonyl (C=O) groups is 1. The van der Waals surface area contributed by atoms with Crippen molar-refractivity contribution in [2.75, 3.05) is 6.61 Å². The molecule has 11 atom stereocenters. The fraction of sp³-hybridized carbons (Fsp3) is 0.667. The molecule has 3 rings (SSSR count). The zero-order valence-corrected chi connectivity index (χ0v) is 18.1. The lowest BCUT2D eigenvalue weighted by molar-refractivity contribution is -0.261. The lowest BCUT2D eigenvalue weighted by Gasteiger charge is -2.37. The second-order valence-corrected chi connectivity index (χ2v) is 8.51. The first kappa shape index (κ1) is 25.4. The normalized spacial score (nSPS) is 38.2. The van der Waals surface area contributed by atoms with E-state index in [4.69, 9.17) is 22.8 Å². The van der Waals surface area contributed by atoms with E-state index in [-0.39, 0.29) is 12.9 Å². The highest BCUT2D eigenvalue weighted by molar-refractivity contribution is 7.40. The van der Waals surface area contributed by atoms with Crippen LogP contribution in [-0.2, 0) is 27.6 Å². The molecular weight excluding hydrogens is 478 g/mol. The van der Waals surface area contributed by atoms with Crippen molar-refractivity contribution in [1.29, 1.82) is 0 Å². The van der Waals surface area contributed by atoms with Gasteiger partial charge < -0.3 is 48.8 Å². The summed E-state index contributed by atoms with van der Waals surface area (Å²) in [5, 5.41) is 49.3. The molecule has 0 bridgehead atoms. The Balaban J connectivity index is 1.41. The van der Waals surface area contributed by atoms with E-state index in [1.54, 1.807) is 0 Å². The van der Waals surface area contributed by atoms with E-state index >= 15 is 0 Å². The van der Waals surface area contributed by atoms with Gasteiger partial charge in [-0.05, 0) is 0 Å². The van der Waals surface area contributed by atoms with Gasteiger partial charge in [0.2, 0.25) is 0 Å². The predicted octanol–water partition coefficient (Wildman–Crippen LogP) is -3.77. The molecule has 17 heteroatoms. The molecule has 32 heavy (non-hydrogen) atoms. The molecule has 0 aliphatic carbocycles. The van der Waals surface area contributed by atoms with E-state index in [2.05, 4.69) is 0 Å². The monoisotopic (exact) mass is 500 g/mol. The zero-order chi connectivity index (χ0) is 23.4. The Hall–Kier alpha value is -1.19. The van der Waals surface area contributed by atoms with Crippen LogP contribution in [0.4, 0.5) is 0 Å². The maximum absolute atomic E-state index is 11.8. The summed E-state index contributed by atoms with van der Waals surface area (Å²) in [5.41, 5.74) is -1.44. The largest absolute Gasteiger partial charge is 0.387 e. The maximum Gasteiger partial charge on any atom is 0.330 e. The van der Waals surface area contributed by atoms with E-state index in [0.29, 0.717) is 0 Å². The average molecular weight is 500 g/mol. The third-order valence-electron chi connectivity index (χ3n) is 4.76. The number of hydrogen-bond donors (Lipinski definition) is 6. The van der Waals surface area contributed by atoms with Crippen molar-refractivity contribution in [2.24, 2.45) is 0 Å². The summed E-state index contributed by atoms with van der Waals surface area (Å²) in [6.07, 6.45) is -11.4. The highest BCUT2D eigenvalue weighted by Gasteiger charge is 2.45. The summed E-state index contributed by atoms with van der Waals surface area (Å²) in [6.45, 7) is -0.226. The number of nitrogens with zero attached hydrogens (tertiary/aromatic N) is 1. The van der Waals surface area contributed by atoms with E-state index in [1.807, 2.05) is 4.98 Å². The van der Waals surface area contributed by atoms with Crippen molar-refractivity contribution in [2.45, 2.75) is 55.2 Å². The van der Waals surface area contributed by atoms with Gasteiger partial charge in [0.25, 0.3) is 5.56 Å². The predicted molar refractivity (Wildman–Crippen MR) is 105 cm³/mol. The zero-order valence-electron chi connectivity index (χ0n) is 16.1. The van der Waals surface area contributed by atoms with Gasteiger partial charge in [0.15, 0.2) is 36.9 Å². The molecule has 2 saturated heterocycles. The number of ether oxygens (including phenoxy) is 2. The van der Waals surface area contributed by atoms with Crippen molar-refractivity contribution in [1.82, 2.24) is 9.55 Å².